The second-order valence-corrected chi connectivity index (χ2v) is 8.28. The number of hydrogen-bond donors (Lipinski definition) is 3. The van der Waals surface area contributed by atoms with Crippen molar-refractivity contribution in [3.05, 3.63) is 70.6 Å². The maximum atomic E-state index is 14.0. The predicted octanol–water partition coefficient (Wildman–Crippen LogP) is 4.04. The second-order valence-electron chi connectivity index (χ2n) is 7.87. The monoisotopic (exact) mass is 443 g/mol. The molecule has 0 spiro atoms. The molecule has 8 heteroatoms. The van der Waals surface area contributed by atoms with Crippen LogP contribution < -0.4 is 21.1 Å². The van der Waals surface area contributed by atoms with Gasteiger partial charge in [-0.15, -0.1) is 0 Å². The van der Waals surface area contributed by atoms with Crippen LogP contribution in [0.3, 0.4) is 0 Å². The van der Waals surface area contributed by atoms with Gasteiger partial charge in [-0.1, -0.05) is 17.7 Å². The third kappa shape index (κ3) is 5.01. The van der Waals surface area contributed by atoms with Crippen LogP contribution in [0.15, 0.2) is 59.2 Å². The molecule has 1 unspecified atom stereocenters. The molecule has 1 saturated heterocycles. The number of ether oxygens (including phenoxy) is 1. The molecule has 0 saturated carbocycles. The van der Waals surface area contributed by atoms with Gasteiger partial charge < -0.3 is 15.4 Å². The first-order chi connectivity index (χ1) is 14.9. The summed E-state index contributed by atoms with van der Waals surface area (Å²) in [4.78, 5) is 7.03. The zero-order valence-corrected chi connectivity index (χ0v) is 18.3. The van der Waals surface area contributed by atoms with E-state index in [1.807, 2.05) is 31.2 Å². The zero-order valence-electron chi connectivity index (χ0n) is 17.5. The standard InChI is InChI=1S/C23H27ClFN5O/c1-16-15-27-22(29-23(16,26)17-4-9-20(24)21(25)14-17)28-18-5-7-19(8-6-18)31-13-12-30-10-2-3-11-30/h4-9,14-15H,2-3,10-13,26H2,1H3,(H2,27,28,29). The Labute approximate surface area is 186 Å². The first-order valence-corrected chi connectivity index (χ1v) is 10.8. The van der Waals surface area contributed by atoms with E-state index in [0.717, 1.165) is 23.6 Å². The van der Waals surface area contributed by atoms with Crippen LogP contribution in [0.2, 0.25) is 5.02 Å². The van der Waals surface area contributed by atoms with Crippen molar-refractivity contribution >= 4 is 23.2 Å². The summed E-state index contributed by atoms with van der Waals surface area (Å²) in [5, 5.41) is 6.35. The van der Waals surface area contributed by atoms with E-state index >= 15 is 0 Å². The van der Waals surface area contributed by atoms with Gasteiger partial charge in [-0.3, -0.25) is 10.6 Å². The molecule has 164 valence electrons. The van der Waals surface area contributed by atoms with Gasteiger partial charge in [-0.05, 0) is 74.8 Å². The zero-order chi connectivity index (χ0) is 21.8. The molecule has 4 rings (SSSR count). The maximum absolute atomic E-state index is 14.0. The molecule has 2 aromatic carbocycles. The van der Waals surface area contributed by atoms with Crippen LogP contribution in [0.1, 0.15) is 25.3 Å². The number of rotatable bonds is 6. The highest BCUT2D eigenvalue weighted by Gasteiger charge is 2.33. The van der Waals surface area contributed by atoms with Gasteiger partial charge in [-0.2, -0.15) is 0 Å². The Morgan fingerprint density at radius 1 is 1.23 bits per heavy atom. The fraction of sp³-hybridized carbons (Fsp3) is 0.348. The van der Waals surface area contributed by atoms with E-state index in [2.05, 4.69) is 20.5 Å². The van der Waals surface area contributed by atoms with Crippen LogP contribution in [0.25, 0.3) is 0 Å². The van der Waals surface area contributed by atoms with E-state index in [4.69, 9.17) is 22.1 Å². The van der Waals surface area contributed by atoms with Crippen LogP contribution in [-0.2, 0) is 5.66 Å². The molecule has 6 nitrogen and oxygen atoms in total. The Bertz CT molecular complexity index is 988. The number of likely N-dealkylation sites (tertiary alicyclic amines) is 1. The molecule has 1 atom stereocenters. The number of nitrogens with two attached hydrogens (primary N) is 1. The molecule has 0 aromatic heterocycles. The lowest BCUT2D eigenvalue weighted by atomic mass is 9.93. The average Bonchev–Trinajstić information content (AvgIpc) is 3.27. The smallest absolute Gasteiger partial charge is 0.202 e. The van der Waals surface area contributed by atoms with Crippen molar-refractivity contribution in [3.63, 3.8) is 0 Å². The van der Waals surface area contributed by atoms with Crippen molar-refractivity contribution in [2.45, 2.75) is 25.4 Å². The third-order valence-electron chi connectivity index (χ3n) is 5.67. The Kier molecular flexibility index (Phi) is 6.46. The molecule has 0 amide bonds. The van der Waals surface area contributed by atoms with Gasteiger partial charge in [0.2, 0.25) is 5.96 Å². The van der Waals surface area contributed by atoms with E-state index < -0.39 is 11.5 Å². The highest BCUT2D eigenvalue weighted by Crippen LogP contribution is 2.32. The highest BCUT2D eigenvalue weighted by molar-refractivity contribution is 6.30. The van der Waals surface area contributed by atoms with Crippen molar-refractivity contribution in [3.8, 4) is 5.75 Å². The van der Waals surface area contributed by atoms with Gasteiger partial charge in [0.25, 0.3) is 0 Å². The highest BCUT2D eigenvalue weighted by atomic mass is 35.5. The summed E-state index contributed by atoms with van der Waals surface area (Å²) in [7, 11) is 0. The van der Waals surface area contributed by atoms with E-state index in [9.17, 15) is 4.39 Å². The number of hydrogen-bond acceptors (Lipinski definition) is 6. The van der Waals surface area contributed by atoms with Crippen LogP contribution in [0.5, 0.6) is 5.75 Å². The van der Waals surface area contributed by atoms with Gasteiger partial charge in [-0.25, -0.2) is 9.38 Å². The molecule has 0 bridgehead atoms. The molecular formula is C23H27ClFN5O. The number of guanidine groups is 1. The Hall–Kier alpha value is -2.61. The van der Waals surface area contributed by atoms with Crippen LogP contribution in [0, 0.1) is 5.82 Å². The van der Waals surface area contributed by atoms with Crippen molar-refractivity contribution in [1.82, 2.24) is 10.2 Å². The van der Waals surface area contributed by atoms with Crippen molar-refractivity contribution < 1.29 is 9.13 Å². The van der Waals surface area contributed by atoms with Gasteiger partial charge in [0, 0.05) is 24.0 Å². The molecule has 2 aliphatic rings. The summed E-state index contributed by atoms with van der Waals surface area (Å²) in [6, 6.07) is 12.2. The minimum atomic E-state index is -1.20. The average molecular weight is 444 g/mol. The lowest BCUT2D eigenvalue weighted by Gasteiger charge is -2.31. The molecule has 1 fully saturated rings. The SMILES string of the molecule is CC1=CNC(Nc2ccc(OCCN3CCCC3)cc2)=NC1(N)c1ccc(Cl)c(F)c1. The Balaban J connectivity index is 1.41. The van der Waals surface area contributed by atoms with Gasteiger partial charge >= 0.3 is 0 Å². The van der Waals surface area contributed by atoms with E-state index in [-0.39, 0.29) is 5.02 Å². The molecule has 2 aromatic rings. The molecule has 0 aliphatic carbocycles. The quantitative estimate of drug-likeness (QED) is 0.628. The first kappa shape index (κ1) is 21.6. The fourth-order valence-electron chi connectivity index (χ4n) is 3.74. The molecule has 31 heavy (non-hydrogen) atoms. The number of nitrogens with zero attached hydrogens (tertiary/aromatic N) is 2. The molecule has 2 aliphatic heterocycles. The number of aliphatic imine (C=N–C) groups is 1. The Morgan fingerprint density at radius 2 is 1.97 bits per heavy atom. The predicted molar refractivity (Wildman–Crippen MR) is 123 cm³/mol. The fourth-order valence-corrected chi connectivity index (χ4v) is 3.86. The summed E-state index contributed by atoms with van der Waals surface area (Å²) in [6.07, 6.45) is 4.33. The number of anilines is 1. The minimum absolute atomic E-state index is 0.0491. The first-order valence-electron chi connectivity index (χ1n) is 10.4. The summed E-state index contributed by atoms with van der Waals surface area (Å²) in [5.74, 6) is 0.760. The van der Waals surface area contributed by atoms with Crippen molar-refractivity contribution in [2.75, 3.05) is 31.6 Å². The van der Waals surface area contributed by atoms with Crippen LogP contribution in [0.4, 0.5) is 10.1 Å². The van der Waals surface area contributed by atoms with E-state index in [0.29, 0.717) is 18.1 Å². The number of benzene rings is 2. The lowest BCUT2D eigenvalue weighted by Crippen LogP contribution is -2.44. The summed E-state index contributed by atoms with van der Waals surface area (Å²) >= 11 is 5.81. The molecule has 0 radical (unpaired) electrons. The third-order valence-corrected chi connectivity index (χ3v) is 5.97. The van der Waals surface area contributed by atoms with Crippen LogP contribution >= 0.6 is 11.6 Å². The number of nitrogens with one attached hydrogen (secondary N) is 2. The molecule has 4 N–H and O–H groups in total. The molecule has 2 heterocycles. The van der Waals surface area contributed by atoms with E-state index in [1.54, 1.807) is 12.3 Å². The van der Waals surface area contributed by atoms with Crippen molar-refractivity contribution in [2.24, 2.45) is 10.7 Å². The molecular weight excluding hydrogens is 417 g/mol. The summed E-state index contributed by atoms with van der Waals surface area (Å²) in [6.45, 7) is 5.81. The lowest BCUT2D eigenvalue weighted by molar-refractivity contribution is 0.238. The van der Waals surface area contributed by atoms with Gasteiger partial charge in [0.1, 0.15) is 18.2 Å². The van der Waals surface area contributed by atoms with Crippen LogP contribution in [-0.4, -0.2) is 37.1 Å². The van der Waals surface area contributed by atoms with Crippen molar-refractivity contribution in [1.29, 1.82) is 0 Å². The minimum Gasteiger partial charge on any atom is -0.492 e. The second kappa shape index (κ2) is 9.26. The summed E-state index contributed by atoms with van der Waals surface area (Å²) in [5.41, 5.74) is 7.45. The maximum Gasteiger partial charge on any atom is 0.202 e. The van der Waals surface area contributed by atoms with E-state index in [1.165, 1.54) is 38.1 Å². The number of halogens is 2. The topological polar surface area (TPSA) is 74.9 Å². The normalized spacial score (nSPS) is 21.3. The summed E-state index contributed by atoms with van der Waals surface area (Å²) < 4.78 is 19.8. The Morgan fingerprint density at radius 3 is 2.68 bits per heavy atom. The largest absolute Gasteiger partial charge is 0.492 e. The van der Waals surface area contributed by atoms with Gasteiger partial charge in [0.05, 0.1) is 5.02 Å². The van der Waals surface area contributed by atoms with Gasteiger partial charge in [0.15, 0.2) is 5.66 Å².